The van der Waals surface area contributed by atoms with Gasteiger partial charge in [0.25, 0.3) is 0 Å². The smallest absolute Gasteiger partial charge is 0.415 e. The summed E-state index contributed by atoms with van der Waals surface area (Å²) in [6.07, 6.45) is 0.772. The fourth-order valence-corrected chi connectivity index (χ4v) is 7.50. The maximum absolute atomic E-state index is 13.6. The zero-order chi connectivity index (χ0) is 34.8. The van der Waals surface area contributed by atoms with Crippen LogP contribution in [0.15, 0.2) is 60.7 Å². The number of hydrogen-bond acceptors (Lipinski definition) is 6. The van der Waals surface area contributed by atoms with E-state index in [4.69, 9.17) is 16.3 Å². The van der Waals surface area contributed by atoms with E-state index in [2.05, 4.69) is 15.9 Å². The highest BCUT2D eigenvalue weighted by molar-refractivity contribution is 9.09. The van der Waals surface area contributed by atoms with Crippen LogP contribution in [0.4, 0.5) is 16.2 Å². The Hall–Kier alpha value is -4.35. The van der Waals surface area contributed by atoms with Gasteiger partial charge in [0.1, 0.15) is 11.5 Å². The highest BCUT2D eigenvalue weighted by atomic mass is 79.9. The van der Waals surface area contributed by atoms with Gasteiger partial charge in [0.05, 0.1) is 16.7 Å². The zero-order valence-corrected chi connectivity index (χ0v) is 29.8. The average Bonchev–Trinajstić information content (AvgIpc) is 3.72. The van der Waals surface area contributed by atoms with Gasteiger partial charge in [0.15, 0.2) is 0 Å². The van der Waals surface area contributed by atoms with Gasteiger partial charge in [0.2, 0.25) is 17.7 Å². The summed E-state index contributed by atoms with van der Waals surface area (Å²) in [4.78, 5) is 58.4. The summed E-state index contributed by atoms with van der Waals surface area (Å²) < 4.78 is 5.87. The molecule has 12 heteroatoms. The molecule has 0 saturated carbocycles. The topological polar surface area (TPSA) is 111 Å². The average molecular weight is 750 g/mol. The summed E-state index contributed by atoms with van der Waals surface area (Å²) in [7, 11) is 3.29. The van der Waals surface area contributed by atoms with Crippen LogP contribution in [0.25, 0.3) is 21.5 Å². The Balaban J connectivity index is 1.13. The second-order valence-corrected chi connectivity index (χ2v) is 13.4. The molecular weight excluding hydrogens is 712 g/mol. The van der Waals surface area contributed by atoms with Crippen LogP contribution >= 0.6 is 27.5 Å². The van der Waals surface area contributed by atoms with Gasteiger partial charge in [0, 0.05) is 87.8 Å². The molecule has 0 spiro atoms. The zero-order valence-electron chi connectivity index (χ0n) is 27.5. The molecule has 4 aromatic rings. The fourth-order valence-electron chi connectivity index (χ4n) is 6.82. The molecule has 0 fully saturated rings. The number of alkyl halides is 2. The first kappa shape index (κ1) is 34.5. The predicted octanol–water partition coefficient (Wildman–Crippen LogP) is 6.41. The van der Waals surface area contributed by atoms with Crippen LogP contribution in [0, 0.1) is 0 Å². The number of benzene rings is 4. The second-order valence-electron chi connectivity index (χ2n) is 12.5. The number of anilines is 2. The number of carbonyl (C=O) groups excluding carboxylic acids is 4. The largest absolute Gasteiger partial charge is 0.507 e. The maximum atomic E-state index is 13.6. The molecule has 0 aromatic heterocycles. The van der Waals surface area contributed by atoms with Gasteiger partial charge in [-0.2, -0.15) is 0 Å². The Morgan fingerprint density at radius 2 is 1.51 bits per heavy atom. The Kier molecular flexibility index (Phi) is 10.3. The summed E-state index contributed by atoms with van der Waals surface area (Å²) >= 11 is 9.50. The van der Waals surface area contributed by atoms with E-state index >= 15 is 0 Å². The standard InChI is InChI=1S/C37H38BrClN4O6/c1-40(35(47)20-38)16-17-41(2)37(48)49-32-19-29-25(24-8-3-5-10-27(24)32)14-15-42(29)33(45)12-7-13-34(46)43-22-23(21-39)36-28-11-6-4-9-26(28)31(44)18-30(36)43/h3-6,8-11,18-19,23,44H,7,12-17,20-22H2,1-2H3/t23-/m1/s1. The van der Waals surface area contributed by atoms with Gasteiger partial charge in [-0.3, -0.25) is 14.4 Å². The van der Waals surface area contributed by atoms with E-state index in [-0.39, 0.29) is 54.1 Å². The number of phenolic OH excluding ortho intramolecular Hbond substituents is 1. The quantitative estimate of drug-likeness (QED) is 0.188. The van der Waals surface area contributed by atoms with Crippen molar-refractivity contribution in [1.29, 1.82) is 0 Å². The third kappa shape index (κ3) is 6.78. The van der Waals surface area contributed by atoms with Gasteiger partial charge in [-0.25, -0.2) is 4.79 Å². The van der Waals surface area contributed by atoms with E-state index in [1.165, 1.54) is 9.80 Å². The van der Waals surface area contributed by atoms with Crippen molar-refractivity contribution >= 4 is 84.3 Å². The summed E-state index contributed by atoms with van der Waals surface area (Å²) in [5.41, 5.74) is 3.35. The Morgan fingerprint density at radius 1 is 0.878 bits per heavy atom. The van der Waals surface area contributed by atoms with Crippen molar-refractivity contribution in [3.8, 4) is 11.5 Å². The third-order valence-electron chi connectivity index (χ3n) is 9.50. The van der Waals surface area contributed by atoms with E-state index in [1.54, 1.807) is 36.0 Å². The lowest BCUT2D eigenvalue weighted by Crippen LogP contribution is -2.38. The number of carbonyl (C=O) groups is 4. The van der Waals surface area contributed by atoms with Gasteiger partial charge in [-0.15, -0.1) is 11.6 Å². The molecule has 1 atom stereocenters. The molecule has 2 aliphatic rings. The summed E-state index contributed by atoms with van der Waals surface area (Å²) in [5, 5.41) is 14.2. The molecule has 6 rings (SSSR count). The first-order chi connectivity index (χ1) is 23.6. The Bertz CT molecular complexity index is 1950. The van der Waals surface area contributed by atoms with Crippen molar-refractivity contribution in [2.75, 3.05) is 61.3 Å². The molecule has 0 saturated heterocycles. The molecule has 0 unspecified atom stereocenters. The minimum absolute atomic E-state index is 0.0588. The number of aromatic hydroxyl groups is 1. The van der Waals surface area contributed by atoms with Gasteiger partial charge in [-0.05, 0) is 34.7 Å². The molecule has 10 nitrogen and oxygen atoms in total. The normalized spacial score (nSPS) is 15.0. The van der Waals surface area contributed by atoms with Crippen molar-refractivity contribution in [3.63, 3.8) is 0 Å². The molecule has 0 bridgehead atoms. The van der Waals surface area contributed by atoms with Crippen LogP contribution in [-0.2, 0) is 20.8 Å². The number of amides is 4. The lowest BCUT2D eigenvalue weighted by atomic mass is 9.95. The molecule has 0 aliphatic carbocycles. The van der Waals surface area contributed by atoms with Gasteiger partial charge >= 0.3 is 6.09 Å². The number of ether oxygens (including phenoxy) is 1. The number of fused-ring (bicyclic) bond motifs is 6. The summed E-state index contributed by atoms with van der Waals surface area (Å²) in [6.45, 7) is 1.55. The molecule has 4 amide bonds. The van der Waals surface area contributed by atoms with Crippen LogP contribution in [-0.4, -0.2) is 90.2 Å². The number of phenols is 1. The Morgan fingerprint density at radius 3 is 2.20 bits per heavy atom. The van der Waals surface area contributed by atoms with Crippen LogP contribution in [0.5, 0.6) is 11.5 Å². The lowest BCUT2D eigenvalue weighted by molar-refractivity contribution is -0.127. The first-order valence-corrected chi connectivity index (χ1v) is 18.0. The van der Waals surface area contributed by atoms with E-state index in [0.717, 1.165) is 32.7 Å². The summed E-state index contributed by atoms with van der Waals surface area (Å²) in [6, 6.07) is 18.6. The van der Waals surface area contributed by atoms with Crippen LogP contribution in [0.2, 0.25) is 0 Å². The van der Waals surface area contributed by atoms with Crippen LogP contribution in [0.1, 0.15) is 36.3 Å². The van der Waals surface area contributed by atoms with Crippen molar-refractivity contribution < 1.29 is 29.0 Å². The van der Waals surface area contributed by atoms with E-state index < -0.39 is 6.09 Å². The molecule has 4 aromatic carbocycles. The van der Waals surface area contributed by atoms with E-state index in [9.17, 15) is 24.3 Å². The van der Waals surface area contributed by atoms with Crippen molar-refractivity contribution in [3.05, 3.63) is 71.8 Å². The lowest BCUT2D eigenvalue weighted by Gasteiger charge is -2.23. The van der Waals surface area contributed by atoms with Crippen molar-refractivity contribution in [2.45, 2.75) is 31.6 Å². The third-order valence-corrected chi connectivity index (χ3v) is 10.4. The number of hydrogen-bond donors (Lipinski definition) is 1. The SMILES string of the molecule is CN(CCN(C)C(=O)Oc1cc2c(c3ccccc13)CCN2C(=O)CCCC(=O)N1C[C@@H](CCl)c2c1cc(O)c1ccccc21)C(=O)CBr. The molecule has 256 valence electrons. The van der Waals surface area contributed by atoms with Crippen LogP contribution in [0.3, 0.4) is 0 Å². The number of rotatable bonds is 10. The van der Waals surface area contributed by atoms with Gasteiger partial charge < -0.3 is 29.4 Å². The number of nitrogens with zero attached hydrogens (tertiary/aromatic N) is 4. The highest BCUT2D eigenvalue weighted by Crippen LogP contribution is 2.45. The monoisotopic (exact) mass is 748 g/mol. The Labute approximate surface area is 298 Å². The predicted molar refractivity (Wildman–Crippen MR) is 195 cm³/mol. The van der Waals surface area contributed by atoms with Crippen molar-refractivity contribution in [2.24, 2.45) is 0 Å². The maximum Gasteiger partial charge on any atom is 0.415 e. The molecule has 0 radical (unpaired) electrons. The minimum Gasteiger partial charge on any atom is -0.507 e. The van der Waals surface area contributed by atoms with Crippen molar-refractivity contribution in [1.82, 2.24) is 9.80 Å². The van der Waals surface area contributed by atoms with Crippen LogP contribution < -0.4 is 14.5 Å². The summed E-state index contributed by atoms with van der Waals surface area (Å²) in [5.74, 6) is 0.431. The fraction of sp³-hybridized carbons (Fsp3) is 0.351. The van der Waals surface area contributed by atoms with Gasteiger partial charge in [-0.1, -0.05) is 64.5 Å². The number of likely N-dealkylation sites (N-methyl/N-ethyl adjacent to an activating group) is 2. The molecule has 1 N–H and O–H groups in total. The molecule has 2 aliphatic heterocycles. The minimum atomic E-state index is -0.569. The highest BCUT2D eigenvalue weighted by Gasteiger charge is 2.35. The number of halogens is 2. The molecular formula is C37H38BrClN4O6. The second kappa shape index (κ2) is 14.6. The molecule has 49 heavy (non-hydrogen) atoms. The van der Waals surface area contributed by atoms with E-state index in [0.29, 0.717) is 55.5 Å². The first-order valence-electron chi connectivity index (χ1n) is 16.3. The molecule has 2 heterocycles. The van der Waals surface area contributed by atoms with E-state index in [1.807, 2.05) is 48.5 Å².